The zero-order valence-electron chi connectivity index (χ0n) is 11.5. The van der Waals surface area contributed by atoms with E-state index in [-0.39, 0.29) is 23.8 Å². The molecule has 1 rings (SSSR count). The SMILES string of the molecule is CCCC(C)NC(=O)CC1(CC(=O)O)CCCC1. The molecule has 0 aromatic heterocycles. The van der Waals surface area contributed by atoms with Crippen LogP contribution in [-0.2, 0) is 9.59 Å². The van der Waals surface area contributed by atoms with Crippen LogP contribution >= 0.6 is 0 Å². The first-order chi connectivity index (χ1) is 8.47. The monoisotopic (exact) mass is 255 g/mol. The van der Waals surface area contributed by atoms with Gasteiger partial charge in [-0.2, -0.15) is 0 Å². The number of carbonyl (C=O) groups is 2. The first kappa shape index (κ1) is 15.0. The number of rotatable bonds is 7. The van der Waals surface area contributed by atoms with Crippen molar-refractivity contribution in [3.05, 3.63) is 0 Å². The van der Waals surface area contributed by atoms with E-state index in [0.29, 0.717) is 6.42 Å². The average molecular weight is 255 g/mol. The van der Waals surface area contributed by atoms with E-state index < -0.39 is 5.97 Å². The predicted molar refractivity (Wildman–Crippen MR) is 70.3 cm³/mol. The van der Waals surface area contributed by atoms with E-state index in [4.69, 9.17) is 5.11 Å². The molecule has 0 aromatic carbocycles. The van der Waals surface area contributed by atoms with Crippen LogP contribution in [0.5, 0.6) is 0 Å². The normalized spacial score (nSPS) is 19.4. The van der Waals surface area contributed by atoms with Crippen LogP contribution in [-0.4, -0.2) is 23.0 Å². The van der Waals surface area contributed by atoms with Crippen molar-refractivity contribution < 1.29 is 14.7 Å². The molecule has 1 saturated carbocycles. The molecule has 0 aromatic rings. The van der Waals surface area contributed by atoms with Gasteiger partial charge in [0.1, 0.15) is 0 Å². The fraction of sp³-hybridized carbons (Fsp3) is 0.857. The largest absolute Gasteiger partial charge is 0.481 e. The topological polar surface area (TPSA) is 66.4 Å². The van der Waals surface area contributed by atoms with Gasteiger partial charge >= 0.3 is 5.97 Å². The molecule has 0 aliphatic heterocycles. The molecular formula is C14H25NO3. The van der Waals surface area contributed by atoms with Gasteiger partial charge in [-0.3, -0.25) is 9.59 Å². The third-order valence-corrected chi connectivity index (χ3v) is 3.86. The number of carbonyl (C=O) groups excluding carboxylic acids is 1. The van der Waals surface area contributed by atoms with E-state index in [1.54, 1.807) is 0 Å². The Bertz CT molecular complexity index is 295. The standard InChI is InChI=1S/C14H25NO3/c1-3-6-11(2)15-12(16)9-14(10-13(17)18)7-4-5-8-14/h11H,3-10H2,1-2H3,(H,15,16)(H,17,18). The van der Waals surface area contributed by atoms with Crippen molar-refractivity contribution in [2.75, 3.05) is 0 Å². The van der Waals surface area contributed by atoms with Crippen LogP contribution < -0.4 is 5.32 Å². The Morgan fingerprint density at radius 2 is 1.89 bits per heavy atom. The van der Waals surface area contributed by atoms with Crippen molar-refractivity contribution in [2.24, 2.45) is 5.41 Å². The van der Waals surface area contributed by atoms with Gasteiger partial charge in [-0.25, -0.2) is 0 Å². The lowest BCUT2D eigenvalue weighted by Gasteiger charge is -2.27. The Balaban J connectivity index is 2.50. The molecule has 0 heterocycles. The van der Waals surface area contributed by atoms with Gasteiger partial charge in [-0.1, -0.05) is 26.2 Å². The maximum absolute atomic E-state index is 12.0. The second kappa shape index (κ2) is 6.76. The number of nitrogens with one attached hydrogen (secondary N) is 1. The molecule has 0 bridgehead atoms. The molecule has 1 atom stereocenters. The van der Waals surface area contributed by atoms with Gasteiger partial charge in [0.25, 0.3) is 0 Å². The molecule has 104 valence electrons. The van der Waals surface area contributed by atoms with Crippen molar-refractivity contribution in [2.45, 2.75) is 71.3 Å². The number of hydrogen-bond donors (Lipinski definition) is 2. The Kier molecular flexibility index (Phi) is 5.63. The summed E-state index contributed by atoms with van der Waals surface area (Å²) in [7, 11) is 0. The first-order valence-electron chi connectivity index (χ1n) is 6.98. The molecule has 1 aliphatic rings. The lowest BCUT2D eigenvalue weighted by Crippen LogP contribution is -2.36. The van der Waals surface area contributed by atoms with E-state index in [1.807, 2.05) is 6.92 Å². The Labute approximate surface area is 109 Å². The van der Waals surface area contributed by atoms with Crippen LogP contribution in [0.25, 0.3) is 0 Å². The molecule has 4 nitrogen and oxygen atoms in total. The van der Waals surface area contributed by atoms with Crippen molar-refractivity contribution in [3.8, 4) is 0 Å². The molecule has 1 aliphatic carbocycles. The maximum atomic E-state index is 12.0. The molecule has 1 fully saturated rings. The van der Waals surface area contributed by atoms with Crippen LogP contribution in [0.15, 0.2) is 0 Å². The third-order valence-electron chi connectivity index (χ3n) is 3.86. The summed E-state index contributed by atoms with van der Waals surface area (Å²) in [5.74, 6) is -0.773. The summed E-state index contributed by atoms with van der Waals surface area (Å²) < 4.78 is 0. The van der Waals surface area contributed by atoms with Gasteiger partial charge in [0.05, 0.1) is 6.42 Å². The third kappa shape index (κ3) is 4.67. The van der Waals surface area contributed by atoms with E-state index >= 15 is 0 Å². The quantitative estimate of drug-likeness (QED) is 0.735. The second-order valence-corrected chi connectivity index (χ2v) is 5.71. The average Bonchev–Trinajstić information content (AvgIpc) is 2.64. The van der Waals surface area contributed by atoms with Crippen LogP contribution in [0.1, 0.15) is 65.2 Å². The highest BCUT2D eigenvalue weighted by Gasteiger charge is 2.38. The highest BCUT2D eigenvalue weighted by atomic mass is 16.4. The highest BCUT2D eigenvalue weighted by molar-refractivity contribution is 5.78. The summed E-state index contributed by atoms with van der Waals surface area (Å²) in [6.45, 7) is 4.09. The van der Waals surface area contributed by atoms with Crippen molar-refractivity contribution in [3.63, 3.8) is 0 Å². The molecule has 2 N–H and O–H groups in total. The Hall–Kier alpha value is -1.06. The molecule has 18 heavy (non-hydrogen) atoms. The second-order valence-electron chi connectivity index (χ2n) is 5.71. The number of carboxylic acids is 1. The fourth-order valence-electron chi connectivity index (χ4n) is 3.03. The number of carboxylic acid groups (broad SMARTS) is 1. The molecule has 1 amide bonds. The Morgan fingerprint density at radius 3 is 2.39 bits per heavy atom. The van der Waals surface area contributed by atoms with Gasteiger partial charge in [0, 0.05) is 12.5 Å². The van der Waals surface area contributed by atoms with Crippen molar-refractivity contribution in [1.29, 1.82) is 0 Å². The van der Waals surface area contributed by atoms with Crippen molar-refractivity contribution in [1.82, 2.24) is 5.32 Å². The lowest BCUT2D eigenvalue weighted by atomic mass is 9.79. The minimum atomic E-state index is -0.786. The van der Waals surface area contributed by atoms with Gasteiger partial charge in [-0.15, -0.1) is 0 Å². The summed E-state index contributed by atoms with van der Waals surface area (Å²) in [4.78, 5) is 22.9. The molecule has 0 radical (unpaired) electrons. The van der Waals surface area contributed by atoms with E-state index in [9.17, 15) is 9.59 Å². The van der Waals surface area contributed by atoms with Crippen LogP contribution in [0, 0.1) is 5.41 Å². The smallest absolute Gasteiger partial charge is 0.303 e. The predicted octanol–water partition coefficient (Wildman–Crippen LogP) is 2.72. The lowest BCUT2D eigenvalue weighted by molar-refractivity contribution is -0.140. The molecule has 0 spiro atoms. The molecular weight excluding hydrogens is 230 g/mol. The summed E-state index contributed by atoms with van der Waals surface area (Å²) >= 11 is 0. The number of hydrogen-bond acceptors (Lipinski definition) is 2. The zero-order valence-corrected chi connectivity index (χ0v) is 11.5. The minimum Gasteiger partial charge on any atom is -0.481 e. The number of amides is 1. The molecule has 4 heteroatoms. The summed E-state index contributed by atoms with van der Waals surface area (Å²) in [5, 5.41) is 12.0. The van der Waals surface area contributed by atoms with Gasteiger partial charge in [0.2, 0.25) is 5.91 Å². The highest BCUT2D eigenvalue weighted by Crippen LogP contribution is 2.44. The molecule has 1 unspecified atom stereocenters. The zero-order chi connectivity index (χ0) is 13.6. The van der Waals surface area contributed by atoms with E-state index in [1.165, 1.54) is 0 Å². The Morgan fingerprint density at radius 1 is 1.28 bits per heavy atom. The van der Waals surface area contributed by atoms with Gasteiger partial charge < -0.3 is 10.4 Å². The van der Waals surface area contributed by atoms with Crippen LogP contribution in [0.3, 0.4) is 0 Å². The summed E-state index contributed by atoms with van der Waals surface area (Å²) in [5.41, 5.74) is -0.290. The summed E-state index contributed by atoms with van der Waals surface area (Å²) in [6.07, 6.45) is 6.34. The number of aliphatic carboxylic acids is 1. The van der Waals surface area contributed by atoms with Crippen molar-refractivity contribution >= 4 is 11.9 Å². The van der Waals surface area contributed by atoms with Crippen LogP contribution in [0.4, 0.5) is 0 Å². The van der Waals surface area contributed by atoms with Crippen LogP contribution in [0.2, 0.25) is 0 Å². The van der Waals surface area contributed by atoms with Gasteiger partial charge in [-0.05, 0) is 31.6 Å². The summed E-state index contributed by atoms with van der Waals surface area (Å²) in [6, 6.07) is 0.186. The fourth-order valence-corrected chi connectivity index (χ4v) is 3.03. The molecule has 0 saturated heterocycles. The van der Waals surface area contributed by atoms with E-state index in [2.05, 4.69) is 12.2 Å². The maximum Gasteiger partial charge on any atom is 0.303 e. The first-order valence-corrected chi connectivity index (χ1v) is 6.98. The van der Waals surface area contributed by atoms with Gasteiger partial charge in [0.15, 0.2) is 0 Å². The minimum absolute atomic E-state index is 0.0131. The van der Waals surface area contributed by atoms with E-state index in [0.717, 1.165) is 38.5 Å².